The summed E-state index contributed by atoms with van der Waals surface area (Å²) >= 11 is 0. The molecule has 0 bridgehead atoms. The molecule has 12 heteroatoms. The molecular formula is C16H30N2O8S2. The molecular weight excluding hydrogens is 412 g/mol. The zero-order valence-electron chi connectivity index (χ0n) is 16.3. The van der Waals surface area contributed by atoms with Gasteiger partial charge >= 0.3 is 0 Å². The number of hydrogen-bond acceptors (Lipinski definition) is 10. The molecule has 0 aliphatic heterocycles. The van der Waals surface area contributed by atoms with Gasteiger partial charge in [-0.3, -0.25) is 8.37 Å². The second-order valence-electron chi connectivity index (χ2n) is 6.11. The summed E-state index contributed by atoms with van der Waals surface area (Å²) in [5.74, 6) is 0.0125. The van der Waals surface area contributed by atoms with Gasteiger partial charge in [0.15, 0.2) is 0 Å². The molecule has 0 atom stereocenters. The Kier molecular flexibility index (Phi) is 17.2. The van der Waals surface area contributed by atoms with Gasteiger partial charge in [0.25, 0.3) is 20.2 Å². The minimum atomic E-state index is -3.49. The second kappa shape index (κ2) is 16.7. The summed E-state index contributed by atoms with van der Waals surface area (Å²) in [5.41, 5.74) is 0. The molecule has 164 valence electrons. The lowest BCUT2D eigenvalue weighted by molar-refractivity contribution is 0.217. The number of hydrogen-bond donors (Lipinski definition) is 2. The minimum Gasteiger partial charge on any atom is -0.396 e. The Bertz CT molecular complexity index is 636. The Balaban J connectivity index is 0. The molecule has 0 rings (SSSR count). The van der Waals surface area contributed by atoms with Crippen molar-refractivity contribution in [1.82, 2.24) is 0 Å². The summed E-state index contributed by atoms with van der Waals surface area (Å²) in [6.45, 7) is 0.160. The fraction of sp³-hybridized carbons (Fsp3) is 0.875. The van der Waals surface area contributed by atoms with Crippen molar-refractivity contribution in [2.24, 2.45) is 11.8 Å². The van der Waals surface area contributed by atoms with E-state index in [0.29, 0.717) is 32.1 Å². The van der Waals surface area contributed by atoms with Crippen molar-refractivity contribution in [3.63, 3.8) is 0 Å². The predicted octanol–water partition coefficient (Wildman–Crippen LogP) is 0.530. The molecule has 0 unspecified atom stereocenters. The van der Waals surface area contributed by atoms with Crippen LogP contribution < -0.4 is 0 Å². The summed E-state index contributed by atoms with van der Waals surface area (Å²) in [6.07, 6.45) is 4.46. The third-order valence-corrected chi connectivity index (χ3v) is 4.67. The van der Waals surface area contributed by atoms with E-state index in [9.17, 15) is 16.8 Å². The Hall–Kier alpha value is -1.28. The number of aliphatic hydroxyl groups is 2. The van der Waals surface area contributed by atoms with Crippen LogP contribution >= 0.6 is 0 Å². The summed E-state index contributed by atoms with van der Waals surface area (Å²) in [4.78, 5) is 0. The maximum atomic E-state index is 10.7. The Morgan fingerprint density at radius 1 is 0.750 bits per heavy atom. The molecule has 0 spiro atoms. The van der Waals surface area contributed by atoms with Crippen LogP contribution in [-0.4, -0.2) is 66.0 Å². The summed E-state index contributed by atoms with van der Waals surface area (Å²) in [5, 5.41) is 33.9. The fourth-order valence-electron chi connectivity index (χ4n) is 2.05. The maximum Gasteiger partial charge on any atom is 0.264 e. The van der Waals surface area contributed by atoms with Crippen molar-refractivity contribution in [2.75, 3.05) is 38.9 Å². The normalized spacial score (nSPS) is 11.6. The van der Waals surface area contributed by atoms with Gasteiger partial charge in [0.2, 0.25) is 0 Å². The standard InChI is InChI=1S/C9H17NO6S2.C7H13NO2/c1-17(11,12)15-7-4-9(3-6-10)5-8-16-18(2,13)14;8-4-1-7(2-5-9)3-6-10/h9H,3-5,7-8H2,1-2H3;7,9-10H,1-3,5-6H2. The van der Waals surface area contributed by atoms with Crippen LogP contribution in [0.1, 0.15) is 38.5 Å². The van der Waals surface area contributed by atoms with E-state index in [0.717, 1.165) is 12.5 Å². The lowest BCUT2D eigenvalue weighted by Crippen LogP contribution is -2.12. The van der Waals surface area contributed by atoms with Crippen LogP contribution in [0.4, 0.5) is 0 Å². The quantitative estimate of drug-likeness (QED) is 0.361. The number of aliphatic hydroxyl groups excluding tert-OH is 2. The first-order valence-corrected chi connectivity index (χ1v) is 12.3. The van der Waals surface area contributed by atoms with Crippen LogP contribution in [0.15, 0.2) is 0 Å². The van der Waals surface area contributed by atoms with Gasteiger partial charge in [-0.1, -0.05) is 0 Å². The lowest BCUT2D eigenvalue weighted by atomic mass is 9.99. The zero-order chi connectivity index (χ0) is 22.1. The van der Waals surface area contributed by atoms with E-state index in [4.69, 9.17) is 20.7 Å². The number of rotatable bonds is 14. The van der Waals surface area contributed by atoms with Crippen molar-refractivity contribution >= 4 is 20.2 Å². The first-order chi connectivity index (χ1) is 13.0. The molecule has 0 aliphatic carbocycles. The molecule has 0 fully saturated rings. The smallest absolute Gasteiger partial charge is 0.264 e. The van der Waals surface area contributed by atoms with Crippen molar-refractivity contribution in [3.8, 4) is 12.1 Å². The van der Waals surface area contributed by atoms with Crippen LogP contribution in [-0.2, 0) is 28.6 Å². The molecule has 0 aromatic carbocycles. The van der Waals surface area contributed by atoms with E-state index >= 15 is 0 Å². The van der Waals surface area contributed by atoms with Crippen LogP contribution in [0.3, 0.4) is 0 Å². The van der Waals surface area contributed by atoms with Crippen molar-refractivity contribution in [2.45, 2.75) is 38.5 Å². The molecule has 0 aromatic heterocycles. The summed E-state index contributed by atoms with van der Waals surface area (Å²) < 4.78 is 52.0. The molecule has 0 saturated carbocycles. The van der Waals surface area contributed by atoms with E-state index < -0.39 is 20.2 Å². The highest BCUT2D eigenvalue weighted by Crippen LogP contribution is 2.14. The molecule has 28 heavy (non-hydrogen) atoms. The highest BCUT2D eigenvalue weighted by atomic mass is 32.2. The molecule has 0 aliphatic rings. The van der Waals surface area contributed by atoms with E-state index in [-0.39, 0.29) is 44.7 Å². The van der Waals surface area contributed by atoms with Gasteiger partial charge in [0.1, 0.15) is 0 Å². The average Bonchev–Trinajstić information content (AvgIpc) is 2.54. The van der Waals surface area contributed by atoms with Crippen molar-refractivity contribution < 1.29 is 35.4 Å². The Morgan fingerprint density at radius 2 is 1.07 bits per heavy atom. The second-order valence-corrected chi connectivity index (χ2v) is 9.40. The van der Waals surface area contributed by atoms with Gasteiger partial charge < -0.3 is 10.2 Å². The van der Waals surface area contributed by atoms with Crippen molar-refractivity contribution in [3.05, 3.63) is 0 Å². The molecule has 2 N–H and O–H groups in total. The molecule has 0 aromatic rings. The van der Waals surface area contributed by atoms with E-state index in [1.807, 2.05) is 12.1 Å². The van der Waals surface area contributed by atoms with Gasteiger partial charge in [-0.15, -0.1) is 0 Å². The van der Waals surface area contributed by atoms with Gasteiger partial charge in [-0.25, -0.2) is 0 Å². The predicted molar refractivity (Wildman–Crippen MR) is 102 cm³/mol. The molecule has 0 radical (unpaired) electrons. The van der Waals surface area contributed by atoms with Crippen LogP contribution in [0, 0.1) is 34.5 Å². The van der Waals surface area contributed by atoms with Gasteiger partial charge in [0.05, 0.1) is 37.9 Å². The van der Waals surface area contributed by atoms with Gasteiger partial charge in [-0.2, -0.15) is 27.4 Å². The summed E-state index contributed by atoms with van der Waals surface area (Å²) in [7, 11) is -6.98. The monoisotopic (exact) mass is 442 g/mol. The summed E-state index contributed by atoms with van der Waals surface area (Å²) in [6, 6.07) is 3.97. The Morgan fingerprint density at radius 3 is 1.32 bits per heavy atom. The van der Waals surface area contributed by atoms with E-state index in [2.05, 4.69) is 8.37 Å². The topological polar surface area (TPSA) is 175 Å². The minimum absolute atomic E-state index is 0.0238. The maximum absolute atomic E-state index is 10.7. The van der Waals surface area contributed by atoms with E-state index in [1.165, 1.54) is 0 Å². The highest BCUT2D eigenvalue weighted by molar-refractivity contribution is 7.86. The third-order valence-electron chi connectivity index (χ3n) is 3.48. The van der Waals surface area contributed by atoms with Crippen LogP contribution in [0.2, 0.25) is 0 Å². The molecule has 0 saturated heterocycles. The van der Waals surface area contributed by atoms with Crippen LogP contribution in [0.25, 0.3) is 0 Å². The van der Waals surface area contributed by atoms with Crippen molar-refractivity contribution in [1.29, 1.82) is 10.5 Å². The van der Waals surface area contributed by atoms with Gasteiger partial charge in [0, 0.05) is 26.1 Å². The number of nitriles is 2. The highest BCUT2D eigenvalue weighted by Gasteiger charge is 2.12. The number of nitrogens with zero attached hydrogens (tertiary/aromatic N) is 2. The molecule has 10 nitrogen and oxygen atoms in total. The third kappa shape index (κ3) is 22.8. The lowest BCUT2D eigenvalue weighted by Gasteiger charge is -2.12. The zero-order valence-corrected chi connectivity index (χ0v) is 17.9. The van der Waals surface area contributed by atoms with Gasteiger partial charge in [-0.05, 0) is 37.5 Å². The SMILES string of the molecule is CS(=O)(=O)OCCC(CC#N)CCOS(C)(=O)=O.N#CCC(CCO)CCO. The average molecular weight is 443 g/mol. The first kappa shape index (κ1) is 28.9. The fourth-order valence-corrected chi connectivity index (χ4v) is 2.85. The first-order valence-electron chi connectivity index (χ1n) is 8.63. The van der Waals surface area contributed by atoms with E-state index in [1.54, 1.807) is 0 Å². The van der Waals surface area contributed by atoms with Crippen LogP contribution in [0.5, 0.6) is 0 Å². The largest absolute Gasteiger partial charge is 0.396 e. The molecule has 0 amide bonds. The Labute approximate surface area is 167 Å². The molecule has 0 heterocycles.